The fourth-order valence-corrected chi connectivity index (χ4v) is 0.849. The second-order valence-electron chi connectivity index (χ2n) is 2.93. The van der Waals surface area contributed by atoms with Gasteiger partial charge in [0.1, 0.15) is 0 Å². The van der Waals surface area contributed by atoms with Gasteiger partial charge in [0.15, 0.2) is 6.67 Å². The van der Waals surface area contributed by atoms with Crippen LogP contribution >= 0.6 is 0 Å². The molecule has 9 heavy (non-hydrogen) atoms. The molecule has 0 aromatic carbocycles. The standard InChI is InChI=1S/C6H10FNO/c1-6(2)4-8(6)5(9)3-7/h3-4H2,1-2H3. The summed E-state index contributed by atoms with van der Waals surface area (Å²) >= 11 is 0. The lowest BCUT2D eigenvalue weighted by atomic mass is 10.2. The number of carbonyl (C=O) groups excluding carboxylic acids is 1. The molecule has 1 aliphatic rings. The van der Waals surface area contributed by atoms with Crippen molar-refractivity contribution in [2.75, 3.05) is 13.2 Å². The van der Waals surface area contributed by atoms with Crippen LogP contribution < -0.4 is 0 Å². The average Bonchev–Trinajstić information content (AvgIpc) is 2.38. The van der Waals surface area contributed by atoms with Crippen molar-refractivity contribution < 1.29 is 9.18 Å². The molecule has 1 saturated heterocycles. The molecule has 0 atom stereocenters. The minimum absolute atomic E-state index is 0.0663. The van der Waals surface area contributed by atoms with E-state index in [0.717, 1.165) is 0 Å². The summed E-state index contributed by atoms with van der Waals surface area (Å²) < 4.78 is 11.6. The second kappa shape index (κ2) is 1.69. The van der Waals surface area contributed by atoms with Gasteiger partial charge in [0.05, 0.1) is 5.54 Å². The highest BCUT2D eigenvalue weighted by atomic mass is 19.1. The lowest BCUT2D eigenvalue weighted by Gasteiger charge is -2.01. The monoisotopic (exact) mass is 131 g/mol. The SMILES string of the molecule is CC1(C)CN1C(=O)CF. The Balaban J connectivity index is 2.42. The molecule has 0 spiro atoms. The van der Waals surface area contributed by atoms with Crippen LogP contribution in [0.5, 0.6) is 0 Å². The number of hydrogen-bond acceptors (Lipinski definition) is 1. The van der Waals surface area contributed by atoms with Crippen LogP contribution in [-0.4, -0.2) is 29.6 Å². The number of hydrogen-bond donors (Lipinski definition) is 0. The van der Waals surface area contributed by atoms with Gasteiger partial charge >= 0.3 is 0 Å². The van der Waals surface area contributed by atoms with Crippen LogP contribution in [0.1, 0.15) is 13.8 Å². The molecule has 1 heterocycles. The molecule has 1 rings (SSSR count). The van der Waals surface area contributed by atoms with Crippen LogP contribution in [0.2, 0.25) is 0 Å². The van der Waals surface area contributed by atoms with E-state index in [-0.39, 0.29) is 11.4 Å². The third-order valence-corrected chi connectivity index (χ3v) is 1.59. The van der Waals surface area contributed by atoms with Crippen LogP contribution in [0.15, 0.2) is 0 Å². The summed E-state index contributed by atoms with van der Waals surface area (Å²) in [5, 5.41) is 0. The molecule has 0 radical (unpaired) electrons. The number of rotatable bonds is 1. The Morgan fingerprint density at radius 2 is 2.22 bits per heavy atom. The van der Waals surface area contributed by atoms with E-state index >= 15 is 0 Å². The van der Waals surface area contributed by atoms with E-state index in [1.54, 1.807) is 0 Å². The van der Waals surface area contributed by atoms with Crippen LogP contribution in [0.4, 0.5) is 4.39 Å². The van der Waals surface area contributed by atoms with Gasteiger partial charge in [-0.15, -0.1) is 0 Å². The topological polar surface area (TPSA) is 20.1 Å². The van der Waals surface area contributed by atoms with E-state index < -0.39 is 6.67 Å². The van der Waals surface area contributed by atoms with Gasteiger partial charge in [0, 0.05) is 6.54 Å². The normalized spacial score (nSPS) is 21.9. The zero-order chi connectivity index (χ0) is 7.07. The van der Waals surface area contributed by atoms with E-state index in [9.17, 15) is 9.18 Å². The zero-order valence-electron chi connectivity index (χ0n) is 5.65. The largest absolute Gasteiger partial charge is 0.331 e. The summed E-state index contributed by atoms with van der Waals surface area (Å²) in [5.41, 5.74) is -0.0663. The maximum absolute atomic E-state index is 11.6. The maximum atomic E-state index is 11.6. The Kier molecular flexibility index (Phi) is 1.22. The fraction of sp³-hybridized carbons (Fsp3) is 0.833. The van der Waals surface area contributed by atoms with Crippen molar-refractivity contribution in [1.29, 1.82) is 0 Å². The number of nitrogens with zero attached hydrogens (tertiary/aromatic N) is 1. The lowest BCUT2D eigenvalue weighted by Crippen LogP contribution is -2.18. The molecule has 0 aromatic heterocycles. The van der Waals surface area contributed by atoms with E-state index in [1.807, 2.05) is 13.8 Å². The second-order valence-corrected chi connectivity index (χ2v) is 2.93. The van der Waals surface area contributed by atoms with Gasteiger partial charge in [-0.05, 0) is 13.8 Å². The van der Waals surface area contributed by atoms with Crippen molar-refractivity contribution in [2.45, 2.75) is 19.4 Å². The molecule has 0 unspecified atom stereocenters. The van der Waals surface area contributed by atoms with Crippen LogP contribution in [0.25, 0.3) is 0 Å². The fourth-order valence-electron chi connectivity index (χ4n) is 0.849. The third kappa shape index (κ3) is 1.04. The summed E-state index contributed by atoms with van der Waals surface area (Å²) in [6.45, 7) is 3.68. The molecule has 52 valence electrons. The minimum atomic E-state index is -0.858. The quantitative estimate of drug-likeness (QED) is 0.476. The van der Waals surface area contributed by atoms with Crippen LogP contribution in [0, 0.1) is 0 Å². The number of halogens is 1. The summed E-state index contributed by atoms with van der Waals surface area (Å²) in [4.78, 5) is 12.1. The molecule has 0 bridgehead atoms. The van der Waals surface area contributed by atoms with Gasteiger partial charge in [0.25, 0.3) is 5.91 Å². The van der Waals surface area contributed by atoms with E-state index in [4.69, 9.17) is 0 Å². The molecule has 0 N–H and O–H groups in total. The molecular formula is C6H10FNO. The first-order valence-electron chi connectivity index (χ1n) is 2.94. The lowest BCUT2D eigenvalue weighted by molar-refractivity contribution is -0.127. The third-order valence-electron chi connectivity index (χ3n) is 1.59. The Morgan fingerprint density at radius 1 is 1.78 bits per heavy atom. The van der Waals surface area contributed by atoms with Crippen molar-refractivity contribution in [3.8, 4) is 0 Å². The molecule has 0 aliphatic carbocycles. The van der Waals surface area contributed by atoms with Crippen LogP contribution in [0.3, 0.4) is 0 Å². The summed E-state index contributed by atoms with van der Waals surface area (Å²) in [7, 11) is 0. The summed E-state index contributed by atoms with van der Waals surface area (Å²) in [6, 6.07) is 0. The number of alkyl halides is 1. The van der Waals surface area contributed by atoms with Crippen molar-refractivity contribution in [3.63, 3.8) is 0 Å². The van der Waals surface area contributed by atoms with Gasteiger partial charge in [-0.3, -0.25) is 4.79 Å². The van der Waals surface area contributed by atoms with E-state index in [0.29, 0.717) is 6.54 Å². The minimum Gasteiger partial charge on any atom is -0.331 e. The van der Waals surface area contributed by atoms with Crippen molar-refractivity contribution in [2.24, 2.45) is 0 Å². The molecule has 1 amide bonds. The maximum Gasteiger partial charge on any atom is 0.254 e. The Labute approximate surface area is 53.6 Å². The van der Waals surface area contributed by atoms with E-state index in [2.05, 4.69) is 0 Å². The molecule has 0 saturated carbocycles. The van der Waals surface area contributed by atoms with E-state index in [1.165, 1.54) is 4.90 Å². The van der Waals surface area contributed by atoms with Crippen molar-refractivity contribution >= 4 is 5.91 Å². The predicted molar refractivity (Wildman–Crippen MR) is 31.8 cm³/mol. The number of amides is 1. The van der Waals surface area contributed by atoms with Gasteiger partial charge in [0.2, 0.25) is 0 Å². The first kappa shape index (κ1) is 6.52. The average molecular weight is 131 g/mol. The highest BCUT2D eigenvalue weighted by Crippen LogP contribution is 2.30. The predicted octanol–water partition coefficient (Wildman–Crippen LogP) is 0.577. The zero-order valence-corrected chi connectivity index (χ0v) is 5.65. The van der Waals surface area contributed by atoms with Gasteiger partial charge in [-0.25, -0.2) is 4.39 Å². The summed E-state index contributed by atoms with van der Waals surface area (Å²) in [6.07, 6.45) is 0. The highest BCUT2D eigenvalue weighted by Gasteiger charge is 2.46. The Bertz CT molecular complexity index is 144. The Hall–Kier alpha value is -0.600. The first-order chi connectivity index (χ1) is 4.08. The molecule has 0 aromatic rings. The van der Waals surface area contributed by atoms with Crippen molar-refractivity contribution in [1.82, 2.24) is 4.90 Å². The summed E-state index contributed by atoms with van der Waals surface area (Å²) in [5.74, 6) is -0.389. The highest BCUT2D eigenvalue weighted by molar-refractivity contribution is 5.80. The Morgan fingerprint density at radius 3 is 2.33 bits per heavy atom. The molecular weight excluding hydrogens is 121 g/mol. The molecule has 1 fully saturated rings. The number of carbonyl (C=O) groups is 1. The van der Waals surface area contributed by atoms with Crippen LogP contribution in [-0.2, 0) is 4.79 Å². The molecule has 2 nitrogen and oxygen atoms in total. The molecule has 1 aliphatic heterocycles. The smallest absolute Gasteiger partial charge is 0.254 e. The van der Waals surface area contributed by atoms with Gasteiger partial charge in [-0.2, -0.15) is 0 Å². The van der Waals surface area contributed by atoms with Gasteiger partial charge in [-0.1, -0.05) is 0 Å². The van der Waals surface area contributed by atoms with Gasteiger partial charge < -0.3 is 4.90 Å². The first-order valence-corrected chi connectivity index (χ1v) is 2.94. The van der Waals surface area contributed by atoms with Crippen molar-refractivity contribution in [3.05, 3.63) is 0 Å². The molecule has 3 heteroatoms.